The third-order valence-electron chi connectivity index (χ3n) is 4.21. The summed E-state index contributed by atoms with van der Waals surface area (Å²) in [6.45, 7) is 8.52. The van der Waals surface area contributed by atoms with E-state index in [1.54, 1.807) is 6.20 Å². The van der Waals surface area contributed by atoms with Crippen molar-refractivity contribution in [1.29, 1.82) is 0 Å². The van der Waals surface area contributed by atoms with E-state index in [4.69, 9.17) is 4.74 Å². The fourth-order valence-electron chi connectivity index (χ4n) is 2.94. The van der Waals surface area contributed by atoms with Crippen LogP contribution >= 0.6 is 0 Å². The zero-order valence-electron chi connectivity index (χ0n) is 14.2. The number of H-pyrrole nitrogens is 1. The smallest absolute Gasteiger partial charge is 0.413 e. The first-order valence-corrected chi connectivity index (χ1v) is 8.40. The number of amides is 1. The van der Waals surface area contributed by atoms with Crippen LogP contribution in [0.4, 0.5) is 10.6 Å². The molecule has 0 spiro atoms. The first kappa shape index (κ1) is 16.3. The summed E-state index contributed by atoms with van der Waals surface area (Å²) in [4.78, 5) is 14.4. The van der Waals surface area contributed by atoms with Crippen molar-refractivity contribution in [2.75, 3.05) is 18.4 Å². The van der Waals surface area contributed by atoms with E-state index in [1.807, 2.05) is 20.8 Å². The summed E-state index contributed by atoms with van der Waals surface area (Å²) in [6.07, 6.45) is 5.18. The molecule has 1 saturated carbocycles. The lowest BCUT2D eigenvalue weighted by Gasteiger charge is -2.19. The number of hydrogen-bond donors (Lipinski definition) is 3. The summed E-state index contributed by atoms with van der Waals surface area (Å²) in [7, 11) is 0. The number of rotatable bonds is 5. The van der Waals surface area contributed by atoms with Crippen molar-refractivity contribution in [2.24, 2.45) is 0 Å². The van der Waals surface area contributed by atoms with Crippen LogP contribution < -0.4 is 10.6 Å². The largest absolute Gasteiger partial charge is 0.444 e. The topological polar surface area (TPSA) is 82.3 Å². The van der Waals surface area contributed by atoms with Gasteiger partial charge < -0.3 is 10.1 Å². The minimum absolute atomic E-state index is 0.469. The molecule has 1 aliphatic carbocycles. The second-order valence-corrected chi connectivity index (χ2v) is 7.49. The van der Waals surface area contributed by atoms with E-state index in [9.17, 15) is 4.79 Å². The standard InChI is InChI=1S/C16H27N5O2/c1-16(2,3)23-15(22)19-14-11(9-18-20-14)8-17-12-6-7-21(10-12)13-4-5-13/h9,12-13,17H,4-8,10H2,1-3H3,(H2,18,19,20,22). The quantitative estimate of drug-likeness (QED) is 0.773. The van der Waals surface area contributed by atoms with Crippen LogP contribution in [0.2, 0.25) is 0 Å². The minimum atomic E-state index is -0.515. The lowest BCUT2D eigenvalue weighted by atomic mass is 10.2. The van der Waals surface area contributed by atoms with Gasteiger partial charge in [-0.3, -0.25) is 15.3 Å². The highest BCUT2D eigenvalue weighted by Crippen LogP contribution is 2.29. The number of ether oxygens (including phenoxy) is 1. The van der Waals surface area contributed by atoms with Gasteiger partial charge in [0.05, 0.1) is 6.20 Å². The highest BCUT2D eigenvalue weighted by molar-refractivity contribution is 5.84. The number of hydrogen-bond acceptors (Lipinski definition) is 5. The number of nitrogens with one attached hydrogen (secondary N) is 3. The van der Waals surface area contributed by atoms with E-state index in [2.05, 4.69) is 25.7 Å². The third kappa shape index (κ3) is 4.68. The van der Waals surface area contributed by atoms with Crippen molar-refractivity contribution in [2.45, 2.75) is 64.3 Å². The molecular weight excluding hydrogens is 294 g/mol. The molecule has 1 aromatic heterocycles. The maximum atomic E-state index is 11.9. The van der Waals surface area contributed by atoms with Gasteiger partial charge in [-0.15, -0.1) is 0 Å². The molecule has 1 unspecified atom stereocenters. The van der Waals surface area contributed by atoms with E-state index >= 15 is 0 Å². The van der Waals surface area contributed by atoms with Gasteiger partial charge >= 0.3 is 6.09 Å². The number of anilines is 1. The second kappa shape index (κ2) is 6.49. The Morgan fingerprint density at radius 1 is 1.43 bits per heavy atom. The molecule has 23 heavy (non-hydrogen) atoms. The predicted octanol–water partition coefficient (Wildman–Crippen LogP) is 2.08. The first-order valence-electron chi connectivity index (χ1n) is 8.40. The lowest BCUT2D eigenvalue weighted by molar-refractivity contribution is 0.0635. The molecule has 128 valence electrons. The normalized spacial score (nSPS) is 22.3. The Morgan fingerprint density at radius 2 is 2.22 bits per heavy atom. The third-order valence-corrected chi connectivity index (χ3v) is 4.21. The van der Waals surface area contributed by atoms with E-state index in [1.165, 1.54) is 25.8 Å². The molecule has 2 heterocycles. The number of likely N-dealkylation sites (tertiary alicyclic amines) is 1. The zero-order valence-corrected chi connectivity index (χ0v) is 14.2. The molecule has 2 aliphatic rings. The number of carbonyl (C=O) groups excluding carboxylic acids is 1. The monoisotopic (exact) mass is 321 g/mol. The maximum absolute atomic E-state index is 11.9. The van der Waals surface area contributed by atoms with Gasteiger partial charge in [0.1, 0.15) is 11.4 Å². The number of aromatic amines is 1. The Kier molecular flexibility index (Phi) is 4.59. The molecule has 0 aromatic carbocycles. The number of nitrogens with zero attached hydrogens (tertiary/aromatic N) is 2. The summed E-state index contributed by atoms with van der Waals surface area (Å²) >= 11 is 0. The average Bonchev–Trinajstić information content (AvgIpc) is 3.03. The van der Waals surface area contributed by atoms with Crippen LogP contribution in [0, 0.1) is 0 Å². The van der Waals surface area contributed by atoms with Gasteiger partial charge in [0.25, 0.3) is 0 Å². The van der Waals surface area contributed by atoms with Crippen molar-refractivity contribution in [3.8, 4) is 0 Å². The molecule has 0 radical (unpaired) electrons. The first-order chi connectivity index (χ1) is 10.9. The zero-order chi connectivity index (χ0) is 16.4. The van der Waals surface area contributed by atoms with Gasteiger partial charge in [0.2, 0.25) is 0 Å². The summed E-state index contributed by atoms with van der Waals surface area (Å²) < 4.78 is 5.27. The number of aromatic nitrogens is 2. The van der Waals surface area contributed by atoms with Gasteiger partial charge in [0, 0.05) is 37.3 Å². The summed E-state index contributed by atoms with van der Waals surface area (Å²) in [5.74, 6) is 0.601. The second-order valence-electron chi connectivity index (χ2n) is 7.49. The van der Waals surface area contributed by atoms with Crippen molar-refractivity contribution in [3.05, 3.63) is 11.8 Å². The maximum Gasteiger partial charge on any atom is 0.413 e. The highest BCUT2D eigenvalue weighted by Gasteiger charge is 2.34. The lowest BCUT2D eigenvalue weighted by Crippen LogP contribution is -2.33. The molecule has 1 aromatic rings. The fourth-order valence-corrected chi connectivity index (χ4v) is 2.94. The molecule has 7 nitrogen and oxygen atoms in total. The molecule has 1 amide bonds. The van der Waals surface area contributed by atoms with Gasteiger partial charge in [-0.25, -0.2) is 4.79 Å². The molecular formula is C16H27N5O2. The highest BCUT2D eigenvalue weighted by atomic mass is 16.6. The van der Waals surface area contributed by atoms with Crippen molar-refractivity contribution in [3.63, 3.8) is 0 Å². The van der Waals surface area contributed by atoms with E-state index in [0.29, 0.717) is 18.4 Å². The molecule has 1 saturated heterocycles. The summed E-state index contributed by atoms with van der Waals surface area (Å²) in [6, 6.07) is 1.35. The van der Waals surface area contributed by atoms with Crippen LogP contribution in [0.15, 0.2) is 6.20 Å². The van der Waals surface area contributed by atoms with Crippen LogP contribution in [-0.2, 0) is 11.3 Å². The SMILES string of the molecule is CC(C)(C)OC(=O)Nc1[nH]ncc1CNC1CCN(C2CC2)C1. The number of carbonyl (C=O) groups is 1. The Morgan fingerprint density at radius 3 is 2.91 bits per heavy atom. The Balaban J connectivity index is 1.47. The van der Waals surface area contributed by atoms with E-state index in [0.717, 1.165) is 18.2 Å². The van der Waals surface area contributed by atoms with Crippen molar-refractivity contribution in [1.82, 2.24) is 20.4 Å². The van der Waals surface area contributed by atoms with Gasteiger partial charge in [-0.05, 0) is 40.0 Å². The van der Waals surface area contributed by atoms with Crippen LogP contribution in [-0.4, -0.2) is 52.0 Å². The van der Waals surface area contributed by atoms with Crippen LogP contribution in [0.25, 0.3) is 0 Å². The average molecular weight is 321 g/mol. The van der Waals surface area contributed by atoms with E-state index < -0.39 is 11.7 Å². The Bertz CT molecular complexity index is 547. The molecule has 1 atom stereocenters. The van der Waals surface area contributed by atoms with E-state index in [-0.39, 0.29) is 0 Å². The van der Waals surface area contributed by atoms with Gasteiger partial charge in [-0.1, -0.05) is 0 Å². The molecule has 3 rings (SSSR count). The molecule has 7 heteroatoms. The van der Waals surface area contributed by atoms with Crippen LogP contribution in [0.5, 0.6) is 0 Å². The van der Waals surface area contributed by atoms with Crippen LogP contribution in [0.1, 0.15) is 45.6 Å². The Hall–Kier alpha value is -1.60. The molecule has 3 N–H and O–H groups in total. The van der Waals surface area contributed by atoms with Gasteiger partial charge in [-0.2, -0.15) is 5.10 Å². The summed E-state index contributed by atoms with van der Waals surface area (Å²) in [5.41, 5.74) is 0.430. The summed E-state index contributed by atoms with van der Waals surface area (Å²) in [5, 5.41) is 13.1. The van der Waals surface area contributed by atoms with Crippen LogP contribution in [0.3, 0.4) is 0 Å². The Labute approximate surface area is 137 Å². The fraction of sp³-hybridized carbons (Fsp3) is 0.750. The van der Waals surface area contributed by atoms with Gasteiger partial charge in [0.15, 0.2) is 0 Å². The van der Waals surface area contributed by atoms with Crippen molar-refractivity contribution >= 4 is 11.9 Å². The van der Waals surface area contributed by atoms with Crippen molar-refractivity contribution < 1.29 is 9.53 Å². The molecule has 2 fully saturated rings. The minimum Gasteiger partial charge on any atom is -0.444 e. The predicted molar refractivity (Wildman–Crippen MR) is 88.3 cm³/mol. The molecule has 1 aliphatic heterocycles. The molecule has 0 bridgehead atoms.